The molecular weight excluding hydrogens is 416 g/mol. The number of carboxylic acids is 2. The normalized spacial score (nSPS) is 14.1. The lowest BCUT2D eigenvalue weighted by Gasteiger charge is -2.35. The van der Waals surface area contributed by atoms with Gasteiger partial charge < -0.3 is 24.4 Å². The van der Waals surface area contributed by atoms with E-state index in [-0.39, 0.29) is 0 Å². The second kappa shape index (κ2) is 12.5. The average Bonchev–Trinajstić information content (AvgIpc) is 2.81. The molecule has 1 saturated heterocycles. The molecule has 0 amide bonds. The Hall–Kier alpha value is -3.30. The third-order valence-corrected chi connectivity index (χ3v) is 5.08. The molecule has 0 bridgehead atoms. The third kappa shape index (κ3) is 7.44. The number of hydrogen-bond acceptors (Lipinski definition) is 7. The molecule has 0 aliphatic carbocycles. The lowest BCUT2D eigenvalue weighted by atomic mass is 10.1. The van der Waals surface area contributed by atoms with Crippen LogP contribution in [0.25, 0.3) is 0 Å². The van der Waals surface area contributed by atoms with Crippen LogP contribution in [-0.2, 0) is 22.7 Å². The first kappa shape index (κ1) is 25.0. The van der Waals surface area contributed by atoms with Crippen molar-refractivity contribution in [2.45, 2.75) is 13.1 Å². The van der Waals surface area contributed by atoms with Crippen molar-refractivity contribution < 1.29 is 34.0 Å². The Morgan fingerprint density at radius 2 is 1.22 bits per heavy atom. The predicted molar refractivity (Wildman–Crippen MR) is 118 cm³/mol. The minimum atomic E-state index is -1.82. The first-order valence-corrected chi connectivity index (χ1v) is 10.1. The van der Waals surface area contributed by atoms with Crippen LogP contribution in [0, 0.1) is 0 Å². The summed E-state index contributed by atoms with van der Waals surface area (Å²) < 4.78 is 16.4. The highest BCUT2D eigenvalue weighted by Gasteiger charge is 2.20. The molecule has 9 heteroatoms. The number of methoxy groups -OCH3 is 3. The minimum absolute atomic E-state index is 0.695. The van der Waals surface area contributed by atoms with Crippen LogP contribution in [0.15, 0.2) is 42.5 Å². The maximum absolute atomic E-state index is 9.10. The van der Waals surface area contributed by atoms with Gasteiger partial charge in [0.15, 0.2) is 11.5 Å². The van der Waals surface area contributed by atoms with E-state index in [9.17, 15) is 0 Å². The Kier molecular flexibility index (Phi) is 9.77. The second-order valence-corrected chi connectivity index (χ2v) is 7.17. The van der Waals surface area contributed by atoms with Crippen LogP contribution < -0.4 is 14.2 Å². The Morgan fingerprint density at radius 3 is 1.69 bits per heavy atom. The lowest BCUT2D eigenvalue weighted by molar-refractivity contribution is -0.159. The van der Waals surface area contributed by atoms with Crippen LogP contribution in [0.5, 0.6) is 17.2 Å². The molecule has 9 nitrogen and oxygen atoms in total. The van der Waals surface area contributed by atoms with Gasteiger partial charge in [0.1, 0.15) is 5.75 Å². The van der Waals surface area contributed by atoms with Gasteiger partial charge in [0.2, 0.25) is 0 Å². The van der Waals surface area contributed by atoms with E-state index in [0.29, 0.717) is 5.75 Å². The van der Waals surface area contributed by atoms with Gasteiger partial charge in [0.05, 0.1) is 21.3 Å². The van der Waals surface area contributed by atoms with E-state index in [1.54, 1.807) is 21.3 Å². The number of hydrogen-bond donors (Lipinski definition) is 2. The fraction of sp³-hybridized carbons (Fsp3) is 0.391. The van der Waals surface area contributed by atoms with Crippen LogP contribution in [0.3, 0.4) is 0 Å². The quantitative estimate of drug-likeness (QED) is 0.619. The van der Waals surface area contributed by atoms with Gasteiger partial charge in [-0.1, -0.05) is 30.3 Å². The van der Waals surface area contributed by atoms with Crippen LogP contribution in [0.1, 0.15) is 11.1 Å². The highest BCUT2D eigenvalue weighted by molar-refractivity contribution is 6.27. The molecule has 1 aliphatic rings. The molecule has 0 radical (unpaired) electrons. The van der Waals surface area contributed by atoms with Crippen molar-refractivity contribution in [1.29, 1.82) is 0 Å². The molecule has 0 aromatic heterocycles. The number of rotatable bonds is 7. The fourth-order valence-electron chi connectivity index (χ4n) is 3.40. The molecule has 1 heterocycles. The van der Waals surface area contributed by atoms with Crippen molar-refractivity contribution in [1.82, 2.24) is 9.80 Å². The van der Waals surface area contributed by atoms with Gasteiger partial charge in [-0.25, -0.2) is 9.59 Å². The molecule has 1 fully saturated rings. The van der Waals surface area contributed by atoms with Crippen molar-refractivity contribution >= 4 is 11.9 Å². The molecule has 0 unspecified atom stereocenters. The van der Waals surface area contributed by atoms with Crippen molar-refractivity contribution in [2.75, 3.05) is 47.5 Å². The van der Waals surface area contributed by atoms with E-state index in [1.807, 2.05) is 12.1 Å². The first-order chi connectivity index (χ1) is 15.4. The standard InChI is InChI=1S/C21H28N2O3.C2H2O4/c1-24-19-14-21(26-3)20(25-2)13-18(19)16-23-11-9-22(10-12-23)15-17-7-5-4-6-8-17;3-1(4)2(5)6/h4-8,13-14H,9-12,15-16H2,1-3H3;(H,3,4)(H,5,6). The number of carbonyl (C=O) groups is 2. The van der Waals surface area contributed by atoms with Crippen molar-refractivity contribution in [3.63, 3.8) is 0 Å². The van der Waals surface area contributed by atoms with Crippen LogP contribution >= 0.6 is 0 Å². The Balaban J connectivity index is 0.000000534. The molecule has 2 aromatic rings. The topological polar surface area (TPSA) is 109 Å². The molecule has 0 atom stereocenters. The zero-order valence-electron chi connectivity index (χ0n) is 18.6. The third-order valence-electron chi connectivity index (χ3n) is 5.08. The summed E-state index contributed by atoms with van der Waals surface area (Å²) in [4.78, 5) is 23.2. The van der Waals surface area contributed by atoms with Crippen molar-refractivity contribution in [3.05, 3.63) is 53.6 Å². The van der Waals surface area contributed by atoms with Gasteiger partial charge in [0, 0.05) is 50.9 Å². The smallest absolute Gasteiger partial charge is 0.414 e. The van der Waals surface area contributed by atoms with Crippen LogP contribution in [-0.4, -0.2) is 79.5 Å². The molecule has 0 spiro atoms. The van der Waals surface area contributed by atoms with E-state index in [4.69, 9.17) is 34.0 Å². The van der Waals surface area contributed by atoms with E-state index in [1.165, 1.54) is 5.56 Å². The summed E-state index contributed by atoms with van der Waals surface area (Å²) >= 11 is 0. The molecule has 32 heavy (non-hydrogen) atoms. The Morgan fingerprint density at radius 1 is 0.750 bits per heavy atom. The molecule has 2 N–H and O–H groups in total. The van der Waals surface area contributed by atoms with E-state index < -0.39 is 11.9 Å². The molecule has 3 rings (SSSR count). The van der Waals surface area contributed by atoms with Gasteiger partial charge in [-0.05, 0) is 11.6 Å². The second-order valence-electron chi connectivity index (χ2n) is 7.17. The fourth-order valence-corrected chi connectivity index (χ4v) is 3.40. The highest BCUT2D eigenvalue weighted by atomic mass is 16.5. The summed E-state index contributed by atoms with van der Waals surface area (Å²) in [6.07, 6.45) is 0. The van der Waals surface area contributed by atoms with Gasteiger partial charge in [0.25, 0.3) is 0 Å². The van der Waals surface area contributed by atoms with Crippen LogP contribution in [0.2, 0.25) is 0 Å². The number of benzene rings is 2. The van der Waals surface area contributed by atoms with E-state index in [0.717, 1.165) is 56.3 Å². The minimum Gasteiger partial charge on any atom is -0.496 e. The molecular formula is C23H30N2O7. The molecule has 2 aromatic carbocycles. The molecule has 174 valence electrons. The maximum Gasteiger partial charge on any atom is 0.414 e. The SMILES string of the molecule is COc1cc(OC)c(OC)cc1CN1CCN(Cc2ccccc2)CC1.O=C(O)C(=O)O. The number of aliphatic carboxylic acids is 2. The van der Waals surface area contributed by atoms with E-state index in [2.05, 4.69) is 40.1 Å². The summed E-state index contributed by atoms with van der Waals surface area (Å²) in [5.41, 5.74) is 2.50. The van der Waals surface area contributed by atoms with Gasteiger partial charge in [-0.15, -0.1) is 0 Å². The highest BCUT2D eigenvalue weighted by Crippen LogP contribution is 2.35. The average molecular weight is 447 g/mol. The molecule has 1 aliphatic heterocycles. The zero-order valence-corrected chi connectivity index (χ0v) is 18.6. The number of nitrogens with zero attached hydrogens (tertiary/aromatic N) is 2. The van der Waals surface area contributed by atoms with Crippen molar-refractivity contribution in [2.24, 2.45) is 0 Å². The van der Waals surface area contributed by atoms with Gasteiger partial charge >= 0.3 is 11.9 Å². The van der Waals surface area contributed by atoms with Crippen molar-refractivity contribution in [3.8, 4) is 17.2 Å². The monoisotopic (exact) mass is 446 g/mol. The predicted octanol–water partition coefficient (Wildman–Crippen LogP) is 2.19. The lowest BCUT2D eigenvalue weighted by Crippen LogP contribution is -2.45. The summed E-state index contributed by atoms with van der Waals surface area (Å²) in [6.45, 7) is 6.11. The largest absolute Gasteiger partial charge is 0.496 e. The summed E-state index contributed by atoms with van der Waals surface area (Å²) in [5.74, 6) is -1.37. The van der Waals surface area contributed by atoms with Gasteiger partial charge in [-0.2, -0.15) is 0 Å². The summed E-state index contributed by atoms with van der Waals surface area (Å²) in [7, 11) is 5.00. The summed E-state index contributed by atoms with van der Waals surface area (Å²) in [5, 5.41) is 14.8. The number of ether oxygens (including phenoxy) is 3. The Bertz CT molecular complexity index is 869. The zero-order chi connectivity index (χ0) is 23.5. The van der Waals surface area contributed by atoms with Gasteiger partial charge in [-0.3, -0.25) is 9.80 Å². The number of piperazine rings is 1. The molecule has 0 saturated carbocycles. The van der Waals surface area contributed by atoms with E-state index >= 15 is 0 Å². The first-order valence-electron chi connectivity index (χ1n) is 10.1. The number of carboxylic acid groups (broad SMARTS) is 2. The maximum atomic E-state index is 9.10. The Labute approximate surface area is 187 Å². The van der Waals surface area contributed by atoms with Crippen LogP contribution in [0.4, 0.5) is 0 Å². The summed E-state index contributed by atoms with van der Waals surface area (Å²) in [6, 6.07) is 14.6.